The molecule has 0 spiro atoms. The number of hydrogen-bond acceptors (Lipinski definition) is 5. The molecular weight excluding hydrogens is 230 g/mol. The average Bonchev–Trinajstić information content (AvgIpc) is 2.82. The van der Waals surface area contributed by atoms with Crippen molar-refractivity contribution in [2.24, 2.45) is 0 Å². The molecule has 2 aromatic heterocycles. The van der Waals surface area contributed by atoms with Crippen LogP contribution in [0.15, 0.2) is 31.0 Å². The van der Waals surface area contributed by atoms with Gasteiger partial charge in [-0.3, -0.25) is 0 Å². The van der Waals surface area contributed by atoms with Crippen LogP contribution in [-0.2, 0) is 6.54 Å². The largest absolute Gasteiger partial charge is 0.475 e. The number of nitrogens with one attached hydrogen (secondary N) is 1. The molecule has 0 unspecified atom stereocenters. The van der Waals surface area contributed by atoms with Gasteiger partial charge in [0.15, 0.2) is 0 Å². The van der Waals surface area contributed by atoms with Gasteiger partial charge in [-0.2, -0.15) is 4.98 Å². The second-order valence-corrected chi connectivity index (χ2v) is 4.11. The zero-order chi connectivity index (χ0) is 12.8. The highest BCUT2D eigenvalue weighted by Crippen LogP contribution is 2.09. The Kier molecular flexibility index (Phi) is 4.11. The van der Waals surface area contributed by atoms with Crippen LogP contribution >= 0.6 is 0 Å². The Bertz CT molecular complexity index is 469. The monoisotopic (exact) mass is 247 g/mol. The summed E-state index contributed by atoms with van der Waals surface area (Å²) < 4.78 is 7.49. The van der Waals surface area contributed by atoms with E-state index >= 15 is 0 Å². The molecule has 1 N–H and O–H groups in total. The molecular formula is C12H17N5O. The second kappa shape index (κ2) is 6.00. The van der Waals surface area contributed by atoms with Crippen LogP contribution in [0, 0.1) is 0 Å². The van der Waals surface area contributed by atoms with Gasteiger partial charge in [-0.1, -0.05) is 0 Å². The van der Waals surface area contributed by atoms with Gasteiger partial charge >= 0.3 is 0 Å². The molecule has 2 aromatic rings. The van der Waals surface area contributed by atoms with Crippen molar-refractivity contribution in [1.29, 1.82) is 0 Å². The van der Waals surface area contributed by atoms with E-state index in [2.05, 4.69) is 20.3 Å². The van der Waals surface area contributed by atoms with E-state index in [0.717, 1.165) is 13.1 Å². The number of hydrogen-bond donors (Lipinski definition) is 1. The summed E-state index contributed by atoms with van der Waals surface area (Å²) in [6.45, 7) is 5.49. The smallest absolute Gasteiger partial charge is 0.226 e. The lowest BCUT2D eigenvalue weighted by molar-refractivity contribution is 0.232. The fraction of sp³-hybridized carbons (Fsp3) is 0.417. The molecule has 0 aliphatic heterocycles. The van der Waals surface area contributed by atoms with E-state index in [-0.39, 0.29) is 6.10 Å². The Morgan fingerprint density at radius 3 is 3.00 bits per heavy atom. The zero-order valence-electron chi connectivity index (χ0n) is 10.6. The maximum absolute atomic E-state index is 5.50. The Morgan fingerprint density at radius 1 is 1.39 bits per heavy atom. The molecule has 6 heteroatoms. The maximum Gasteiger partial charge on any atom is 0.226 e. The molecule has 2 rings (SSSR count). The molecule has 0 aromatic carbocycles. The molecule has 18 heavy (non-hydrogen) atoms. The Hall–Kier alpha value is -2.11. The summed E-state index contributed by atoms with van der Waals surface area (Å²) in [6, 6.07) is 1.75. The summed E-state index contributed by atoms with van der Waals surface area (Å²) in [4.78, 5) is 12.4. The van der Waals surface area contributed by atoms with Gasteiger partial charge in [0, 0.05) is 37.7 Å². The predicted molar refractivity (Wildman–Crippen MR) is 68.5 cm³/mol. The second-order valence-electron chi connectivity index (χ2n) is 4.11. The molecule has 0 atom stereocenters. The summed E-state index contributed by atoms with van der Waals surface area (Å²) in [5.74, 6) is 1.17. The van der Waals surface area contributed by atoms with Crippen LogP contribution in [0.25, 0.3) is 0 Å². The van der Waals surface area contributed by atoms with E-state index in [9.17, 15) is 0 Å². The molecule has 0 saturated carbocycles. The van der Waals surface area contributed by atoms with Gasteiger partial charge in [-0.15, -0.1) is 0 Å². The highest BCUT2D eigenvalue weighted by molar-refractivity contribution is 5.27. The molecule has 0 radical (unpaired) electrons. The van der Waals surface area contributed by atoms with Crippen LogP contribution in [0.2, 0.25) is 0 Å². The van der Waals surface area contributed by atoms with Gasteiger partial charge in [0.2, 0.25) is 11.8 Å². The minimum atomic E-state index is 0.110. The van der Waals surface area contributed by atoms with Gasteiger partial charge in [0.1, 0.15) is 0 Å². The third-order valence-corrected chi connectivity index (χ3v) is 2.20. The summed E-state index contributed by atoms with van der Waals surface area (Å²) in [5.41, 5.74) is 0. The van der Waals surface area contributed by atoms with E-state index in [1.54, 1.807) is 24.8 Å². The molecule has 0 aliphatic carbocycles. The van der Waals surface area contributed by atoms with E-state index in [1.807, 2.05) is 24.6 Å². The first-order valence-corrected chi connectivity index (χ1v) is 5.93. The number of nitrogens with zero attached hydrogens (tertiary/aromatic N) is 4. The molecule has 96 valence electrons. The van der Waals surface area contributed by atoms with Gasteiger partial charge < -0.3 is 14.6 Å². The third kappa shape index (κ3) is 3.73. The van der Waals surface area contributed by atoms with Gasteiger partial charge in [0.25, 0.3) is 0 Å². The van der Waals surface area contributed by atoms with E-state index in [4.69, 9.17) is 4.74 Å². The highest BCUT2D eigenvalue weighted by Gasteiger charge is 2.01. The van der Waals surface area contributed by atoms with E-state index < -0.39 is 0 Å². The molecule has 0 amide bonds. The number of anilines is 1. The summed E-state index contributed by atoms with van der Waals surface area (Å²) in [6.07, 6.45) is 7.25. The predicted octanol–water partition coefficient (Wildman–Crippen LogP) is 1.57. The van der Waals surface area contributed by atoms with Crippen molar-refractivity contribution < 1.29 is 4.74 Å². The molecule has 0 bridgehead atoms. The normalized spacial score (nSPS) is 10.6. The summed E-state index contributed by atoms with van der Waals surface area (Å²) >= 11 is 0. The summed E-state index contributed by atoms with van der Waals surface area (Å²) in [7, 11) is 0. The minimum Gasteiger partial charge on any atom is -0.475 e. The van der Waals surface area contributed by atoms with Crippen molar-refractivity contribution in [2.45, 2.75) is 26.5 Å². The third-order valence-electron chi connectivity index (χ3n) is 2.20. The molecule has 0 saturated heterocycles. The molecule has 6 nitrogen and oxygen atoms in total. The first-order valence-electron chi connectivity index (χ1n) is 5.93. The fourth-order valence-corrected chi connectivity index (χ4v) is 1.45. The molecule has 0 fully saturated rings. The van der Waals surface area contributed by atoms with Gasteiger partial charge in [0.05, 0.1) is 12.4 Å². The van der Waals surface area contributed by atoms with Crippen molar-refractivity contribution in [2.75, 3.05) is 11.9 Å². The topological polar surface area (TPSA) is 64.9 Å². The lowest BCUT2D eigenvalue weighted by atomic mass is 10.5. The van der Waals surface area contributed by atoms with Crippen molar-refractivity contribution in [3.63, 3.8) is 0 Å². The lowest BCUT2D eigenvalue weighted by Gasteiger charge is -2.10. The van der Waals surface area contributed by atoms with Gasteiger partial charge in [-0.25, -0.2) is 9.97 Å². The van der Waals surface area contributed by atoms with Crippen molar-refractivity contribution >= 4 is 5.95 Å². The van der Waals surface area contributed by atoms with Crippen LogP contribution in [0.1, 0.15) is 13.8 Å². The maximum atomic E-state index is 5.50. The number of imidazole rings is 1. The van der Waals surface area contributed by atoms with Crippen molar-refractivity contribution in [3.05, 3.63) is 31.0 Å². The number of aromatic nitrogens is 4. The van der Waals surface area contributed by atoms with E-state index in [0.29, 0.717) is 11.8 Å². The first kappa shape index (κ1) is 12.3. The number of ether oxygens (including phenoxy) is 1. The standard InChI is InChI=1S/C12H17N5O/c1-10(2)18-11-3-4-14-12(16-11)15-6-8-17-7-5-13-9-17/h3-5,7,9-10H,6,8H2,1-2H3,(H,14,15,16). The SMILES string of the molecule is CC(C)Oc1ccnc(NCCn2ccnc2)n1. The Morgan fingerprint density at radius 2 is 2.28 bits per heavy atom. The minimum absolute atomic E-state index is 0.110. The average molecular weight is 247 g/mol. The van der Waals surface area contributed by atoms with E-state index in [1.165, 1.54) is 0 Å². The lowest BCUT2D eigenvalue weighted by Crippen LogP contribution is -2.12. The van der Waals surface area contributed by atoms with Crippen LogP contribution < -0.4 is 10.1 Å². The molecule has 0 aliphatic rings. The van der Waals surface area contributed by atoms with Crippen LogP contribution in [0.4, 0.5) is 5.95 Å². The van der Waals surface area contributed by atoms with Crippen LogP contribution in [0.5, 0.6) is 5.88 Å². The Labute approximate surface area is 106 Å². The quantitative estimate of drug-likeness (QED) is 0.839. The fourth-order valence-electron chi connectivity index (χ4n) is 1.45. The summed E-state index contributed by atoms with van der Waals surface area (Å²) in [5, 5.41) is 3.15. The highest BCUT2D eigenvalue weighted by atomic mass is 16.5. The Balaban J connectivity index is 1.85. The first-order chi connectivity index (χ1) is 8.74. The van der Waals surface area contributed by atoms with Crippen molar-refractivity contribution in [1.82, 2.24) is 19.5 Å². The van der Waals surface area contributed by atoms with Crippen LogP contribution in [-0.4, -0.2) is 32.2 Å². The van der Waals surface area contributed by atoms with Crippen LogP contribution in [0.3, 0.4) is 0 Å². The zero-order valence-corrected chi connectivity index (χ0v) is 10.6. The molecule has 2 heterocycles. The number of rotatable bonds is 6. The van der Waals surface area contributed by atoms with Gasteiger partial charge in [-0.05, 0) is 13.8 Å². The van der Waals surface area contributed by atoms with Crippen molar-refractivity contribution in [3.8, 4) is 5.88 Å².